The quantitative estimate of drug-likeness (QED) is 0.366. The van der Waals surface area contributed by atoms with Crippen molar-refractivity contribution < 1.29 is 20.1 Å². The minimum absolute atomic E-state index is 0.518. The van der Waals surface area contributed by atoms with Crippen LogP contribution in [0.4, 0.5) is 0 Å². The molecule has 0 aromatic heterocycles. The van der Waals surface area contributed by atoms with Crippen molar-refractivity contribution in [2.45, 2.75) is 0 Å². The van der Waals surface area contributed by atoms with Crippen molar-refractivity contribution in [3.05, 3.63) is 0 Å². The van der Waals surface area contributed by atoms with Gasteiger partial charge in [-0.15, -0.1) is 0 Å². The maximum absolute atomic E-state index is 2.76. The molecule has 0 aliphatic carbocycles. The van der Waals surface area contributed by atoms with Crippen LogP contribution in [0.25, 0.3) is 0 Å². The summed E-state index contributed by atoms with van der Waals surface area (Å²) in [5.41, 5.74) is 0. The van der Waals surface area contributed by atoms with Gasteiger partial charge in [-0.1, -0.05) is 0 Å². The summed E-state index contributed by atoms with van der Waals surface area (Å²) in [6.07, 6.45) is 0. The van der Waals surface area contributed by atoms with E-state index in [2.05, 4.69) is 15.8 Å². The fraction of sp³-hybridized carbons (Fsp3) is 0. The topological polar surface area (TPSA) is 0 Å². The van der Waals surface area contributed by atoms with E-state index in [1.165, 1.54) is 0 Å². The summed E-state index contributed by atoms with van der Waals surface area (Å²) in [6.45, 7) is 2.76. The molecule has 0 bridgehead atoms. The van der Waals surface area contributed by atoms with Crippen molar-refractivity contribution in [1.82, 2.24) is 0 Å². The summed E-state index contributed by atoms with van der Waals surface area (Å²) in [7, 11) is 2.71. The number of rotatable bonds is 1. The van der Waals surface area contributed by atoms with E-state index >= 15 is 0 Å². The molecular formula is H5IP3-. The molecule has 0 saturated carbocycles. The zero-order valence-electron chi connectivity index (χ0n) is 2.03. The average molecular weight is 225 g/mol. The van der Waals surface area contributed by atoms with Crippen LogP contribution in [0.2, 0.25) is 0 Å². The van der Waals surface area contributed by atoms with Gasteiger partial charge in [0.15, 0.2) is 0 Å². The third kappa shape index (κ3) is 4.02. The first kappa shape index (κ1) is 6.02. The summed E-state index contributed by atoms with van der Waals surface area (Å²) in [4.78, 5) is 0. The molecule has 0 radical (unpaired) electrons. The van der Waals surface area contributed by atoms with Gasteiger partial charge in [0.1, 0.15) is 0 Å². The summed E-state index contributed by atoms with van der Waals surface area (Å²) in [5, 5.41) is 0. The molecule has 0 fully saturated rings. The molecule has 0 amide bonds. The van der Waals surface area contributed by atoms with Gasteiger partial charge >= 0.3 is 41.8 Å². The van der Waals surface area contributed by atoms with E-state index in [4.69, 9.17) is 0 Å². The Kier molecular flexibility index (Phi) is 7.56. The molecule has 28 valence electrons. The summed E-state index contributed by atoms with van der Waals surface area (Å²) >= 11 is 0.518. The van der Waals surface area contributed by atoms with Crippen LogP contribution < -0.4 is 20.1 Å². The van der Waals surface area contributed by atoms with Gasteiger partial charge in [-0.05, 0) is 0 Å². The van der Waals surface area contributed by atoms with E-state index < -0.39 is 0 Å². The molecule has 0 spiro atoms. The predicted octanol–water partition coefficient (Wildman–Crippen LogP) is -1.75. The minimum atomic E-state index is 0.518. The fourth-order valence-electron chi connectivity index (χ4n) is 0. The molecule has 0 N–H and O–H groups in total. The van der Waals surface area contributed by atoms with Crippen LogP contribution >= 0.6 is 21.7 Å². The molecule has 3 unspecified atom stereocenters. The van der Waals surface area contributed by atoms with E-state index in [9.17, 15) is 0 Å². The molecule has 0 aliphatic rings. The molecule has 0 aromatic rings. The van der Waals surface area contributed by atoms with Gasteiger partial charge < -0.3 is 0 Å². The van der Waals surface area contributed by atoms with E-state index in [0.29, 0.717) is 20.1 Å². The second-order valence-corrected chi connectivity index (χ2v) is 13.2. The van der Waals surface area contributed by atoms with Gasteiger partial charge in [0.25, 0.3) is 0 Å². The van der Waals surface area contributed by atoms with Gasteiger partial charge in [-0.25, -0.2) is 0 Å². The van der Waals surface area contributed by atoms with Crippen LogP contribution in [0.3, 0.4) is 0 Å². The molecular weight excluding hydrogens is 220 g/mol. The summed E-state index contributed by atoms with van der Waals surface area (Å²) in [6, 6.07) is 0. The first-order valence-electron chi connectivity index (χ1n) is 0.696. The van der Waals surface area contributed by atoms with E-state index in [-0.39, 0.29) is 0 Å². The zero-order chi connectivity index (χ0) is 3.41. The summed E-state index contributed by atoms with van der Waals surface area (Å²) in [5.74, 6) is 1.13. The number of hydrogen-bond donors (Lipinski definition) is 0. The van der Waals surface area contributed by atoms with Crippen molar-refractivity contribution in [2.24, 2.45) is 0 Å². The van der Waals surface area contributed by atoms with Crippen molar-refractivity contribution in [2.75, 3.05) is 0 Å². The van der Waals surface area contributed by atoms with Gasteiger partial charge in [0.05, 0.1) is 0 Å². The molecule has 0 aromatic carbocycles. The Morgan fingerprint density at radius 3 is 2.00 bits per heavy atom. The Hall–Kier alpha value is 2.02. The molecule has 0 nitrogen and oxygen atoms in total. The van der Waals surface area contributed by atoms with Crippen LogP contribution in [-0.2, 0) is 0 Å². The normalized spacial score (nSPS) is 11.5. The molecule has 0 rings (SSSR count). The van der Waals surface area contributed by atoms with Gasteiger partial charge in [-0.2, -0.15) is 0 Å². The van der Waals surface area contributed by atoms with E-state index in [1.54, 1.807) is 0 Å². The van der Waals surface area contributed by atoms with Crippen LogP contribution in [-0.4, -0.2) is 0 Å². The molecule has 4 heteroatoms. The van der Waals surface area contributed by atoms with E-state index in [1.807, 2.05) is 0 Å². The Bertz CT molecular complexity index is 5.25. The Labute approximate surface area is 41.9 Å². The van der Waals surface area contributed by atoms with Gasteiger partial charge in [0, 0.05) is 0 Å². The van der Waals surface area contributed by atoms with Gasteiger partial charge in [-0.3, -0.25) is 0 Å². The number of hydrogen-bond acceptors (Lipinski definition) is 0. The van der Waals surface area contributed by atoms with Gasteiger partial charge in [0.2, 0.25) is 0 Å². The van der Waals surface area contributed by atoms with Crippen molar-refractivity contribution in [3.8, 4) is 0 Å². The standard InChI is InChI=1S/H5IP3/c2-1-4-3/h4H,2-3H2/q-1. The zero-order valence-corrected chi connectivity index (χ0v) is 7.50. The third-order valence-corrected chi connectivity index (χ3v) is 11.4. The van der Waals surface area contributed by atoms with Crippen molar-refractivity contribution in [1.29, 1.82) is 0 Å². The third-order valence-electron chi connectivity index (χ3n) is 0.0630. The molecule has 4 heavy (non-hydrogen) atoms. The maximum atomic E-state index is 2.76. The van der Waals surface area contributed by atoms with Crippen molar-refractivity contribution in [3.63, 3.8) is 0 Å². The number of halogens is 1. The average Bonchev–Trinajstić information content (AvgIpc) is 1.37. The SMILES string of the molecule is PP[I-]P. The molecule has 0 heterocycles. The second kappa shape index (κ2) is 5.02. The van der Waals surface area contributed by atoms with Crippen LogP contribution in [0.15, 0.2) is 0 Å². The van der Waals surface area contributed by atoms with Crippen LogP contribution in [0.5, 0.6) is 0 Å². The molecule has 0 saturated heterocycles. The second-order valence-electron chi connectivity index (χ2n) is 0.218. The Balaban J connectivity index is 1.97. The first-order valence-corrected chi connectivity index (χ1v) is 10.8. The molecule has 0 aliphatic heterocycles. The Morgan fingerprint density at radius 1 is 1.75 bits per heavy atom. The fourth-order valence-corrected chi connectivity index (χ4v) is 0. The molecule has 3 atom stereocenters. The van der Waals surface area contributed by atoms with Crippen LogP contribution in [0, 0.1) is 0 Å². The summed E-state index contributed by atoms with van der Waals surface area (Å²) < 4.78 is 0. The first-order chi connectivity index (χ1) is 1.91. The van der Waals surface area contributed by atoms with Crippen LogP contribution in [0.1, 0.15) is 0 Å². The van der Waals surface area contributed by atoms with Crippen molar-refractivity contribution >= 4 is 21.7 Å². The Morgan fingerprint density at radius 2 is 2.00 bits per heavy atom. The monoisotopic (exact) mass is 225 g/mol. The predicted molar refractivity (Wildman–Crippen MR) is 27.7 cm³/mol. The van der Waals surface area contributed by atoms with E-state index in [0.717, 1.165) is 5.91 Å².